The Morgan fingerprint density at radius 1 is 1.35 bits per heavy atom. The van der Waals surface area contributed by atoms with Crippen LogP contribution in [0.25, 0.3) is 0 Å². The monoisotopic (exact) mass is 298 g/mol. The van der Waals surface area contributed by atoms with Gasteiger partial charge in [-0.25, -0.2) is 8.42 Å². The third-order valence-electron chi connectivity index (χ3n) is 3.29. The first-order chi connectivity index (χ1) is 9.46. The molecular formula is C12H14N2O5S. The number of rotatable bonds is 4. The van der Waals surface area contributed by atoms with Gasteiger partial charge < -0.3 is 4.79 Å². The van der Waals surface area contributed by atoms with Gasteiger partial charge in [-0.05, 0) is 18.9 Å². The second kappa shape index (κ2) is 5.68. The number of hydrogen-bond donors (Lipinski definition) is 0. The van der Waals surface area contributed by atoms with Crippen molar-refractivity contribution in [1.29, 1.82) is 0 Å². The number of benzene rings is 1. The van der Waals surface area contributed by atoms with Gasteiger partial charge in [0.15, 0.2) is 0 Å². The van der Waals surface area contributed by atoms with Crippen LogP contribution in [-0.2, 0) is 14.8 Å². The number of nitro groups is 1. The minimum atomic E-state index is -3.88. The zero-order chi connectivity index (χ0) is 14.8. The number of non-ortho nitro benzene ring substituents is 1. The van der Waals surface area contributed by atoms with E-state index in [2.05, 4.69) is 0 Å². The largest absolute Gasteiger partial charge is 0.302 e. The van der Waals surface area contributed by atoms with Crippen LogP contribution in [0.15, 0.2) is 29.2 Å². The first-order valence-corrected chi connectivity index (χ1v) is 7.62. The molecule has 1 heterocycles. The highest BCUT2D eigenvalue weighted by Gasteiger charge is 2.33. The summed E-state index contributed by atoms with van der Waals surface area (Å²) in [5.74, 6) is 0. The Balaban J connectivity index is 2.41. The Hall–Kier alpha value is -1.80. The Bertz CT molecular complexity index is 628. The molecule has 0 bridgehead atoms. The molecule has 1 unspecified atom stereocenters. The highest BCUT2D eigenvalue weighted by molar-refractivity contribution is 7.89. The molecule has 0 amide bonds. The van der Waals surface area contributed by atoms with Crippen molar-refractivity contribution in [3.8, 4) is 0 Å². The summed E-state index contributed by atoms with van der Waals surface area (Å²) in [6.07, 6.45) is 2.58. The van der Waals surface area contributed by atoms with Crippen LogP contribution in [0.4, 0.5) is 5.69 Å². The topological polar surface area (TPSA) is 97.6 Å². The third kappa shape index (κ3) is 2.70. The Morgan fingerprint density at radius 3 is 2.75 bits per heavy atom. The maximum Gasteiger partial charge on any atom is 0.270 e. The smallest absolute Gasteiger partial charge is 0.270 e. The quantitative estimate of drug-likeness (QED) is 0.474. The van der Waals surface area contributed by atoms with Gasteiger partial charge in [0.2, 0.25) is 10.0 Å². The zero-order valence-electron chi connectivity index (χ0n) is 10.6. The van der Waals surface area contributed by atoms with Crippen molar-refractivity contribution in [2.24, 2.45) is 0 Å². The molecule has 0 saturated carbocycles. The molecule has 2 rings (SSSR count). The molecule has 108 valence electrons. The fourth-order valence-corrected chi connectivity index (χ4v) is 3.93. The maximum absolute atomic E-state index is 12.5. The lowest BCUT2D eigenvalue weighted by Crippen LogP contribution is -2.44. The molecule has 1 aromatic rings. The van der Waals surface area contributed by atoms with Gasteiger partial charge >= 0.3 is 0 Å². The molecule has 0 radical (unpaired) electrons. The van der Waals surface area contributed by atoms with Crippen molar-refractivity contribution >= 4 is 22.0 Å². The van der Waals surface area contributed by atoms with Gasteiger partial charge in [0, 0.05) is 18.7 Å². The molecule has 7 nitrogen and oxygen atoms in total. The number of nitrogens with zero attached hydrogens (tertiary/aromatic N) is 2. The molecule has 0 N–H and O–H groups in total. The van der Waals surface area contributed by atoms with E-state index in [-0.39, 0.29) is 17.1 Å². The molecule has 8 heteroatoms. The molecule has 0 aliphatic carbocycles. The van der Waals surface area contributed by atoms with E-state index in [0.29, 0.717) is 19.1 Å². The third-order valence-corrected chi connectivity index (χ3v) is 5.21. The molecule has 1 aliphatic heterocycles. The van der Waals surface area contributed by atoms with Gasteiger partial charge in [-0.3, -0.25) is 10.1 Å². The second-order valence-corrected chi connectivity index (χ2v) is 6.46. The number of carbonyl (C=O) groups is 1. The van der Waals surface area contributed by atoms with Gasteiger partial charge in [-0.15, -0.1) is 0 Å². The van der Waals surface area contributed by atoms with E-state index in [1.165, 1.54) is 18.2 Å². The van der Waals surface area contributed by atoms with Crippen LogP contribution < -0.4 is 0 Å². The SMILES string of the molecule is O=CC1CCCCN1S(=O)(=O)c1cccc([N+](=O)[O-])c1. The fourth-order valence-electron chi connectivity index (χ4n) is 2.26. The van der Waals surface area contributed by atoms with Crippen LogP contribution in [0.5, 0.6) is 0 Å². The van der Waals surface area contributed by atoms with E-state index in [9.17, 15) is 23.3 Å². The Labute approximate surface area is 116 Å². The summed E-state index contributed by atoms with van der Waals surface area (Å²) >= 11 is 0. The van der Waals surface area contributed by atoms with E-state index < -0.39 is 21.0 Å². The van der Waals surface area contributed by atoms with Crippen LogP contribution in [0.2, 0.25) is 0 Å². The molecular weight excluding hydrogens is 284 g/mol. The maximum atomic E-state index is 12.5. The summed E-state index contributed by atoms with van der Waals surface area (Å²) in [6.45, 7) is 0.258. The van der Waals surface area contributed by atoms with E-state index >= 15 is 0 Å². The van der Waals surface area contributed by atoms with Crippen molar-refractivity contribution in [3.63, 3.8) is 0 Å². The highest BCUT2D eigenvalue weighted by atomic mass is 32.2. The van der Waals surface area contributed by atoms with Crippen molar-refractivity contribution in [3.05, 3.63) is 34.4 Å². The van der Waals surface area contributed by atoms with Crippen molar-refractivity contribution in [1.82, 2.24) is 4.31 Å². The van der Waals surface area contributed by atoms with E-state index in [0.717, 1.165) is 16.8 Å². The molecule has 1 saturated heterocycles. The second-order valence-electron chi connectivity index (χ2n) is 4.57. The van der Waals surface area contributed by atoms with E-state index in [1.807, 2.05) is 0 Å². The lowest BCUT2D eigenvalue weighted by Gasteiger charge is -2.31. The van der Waals surface area contributed by atoms with Crippen LogP contribution in [0, 0.1) is 10.1 Å². The predicted molar refractivity (Wildman–Crippen MR) is 70.7 cm³/mol. The average molecular weight is 298 g/mol. The van der Waals surface area contributed by atoms with Crippen LogP contribution >= 0.6 is 0 Å². The molecule has 1 aliphatic rings. The highest BCUT2D eigenvalue weighted by Crippen LogP contribution is 2.26. The predicted octanol–water partition coefficient (Wildman–Crippen LogP) is 1.34. The summed E-state index contributed by atoms with van der Waals surface area (Å²) in [6, 6.07) is 4.19. The average Bonchev–Trinajstić information content (AvgIpc) is 2.47. The lowest BCUT2D eigenvalue weighted by molar-refractivity contribution is -0.385. The number of carbonyl (C=O) groups excluding carboxylic acids is 1. The molecule has 20 heavy (non-hydrogen) atoms. The standard InChI is InChI=1S/C12H14N2O5S/c15-9-11-4-1-2-7-13(11)20(18,19)12-6-3-5-10(8-12)14(16)17/h3,5-6,8-9,11H,1-2,4,7H2. The molecule has 0 aromatic heterocycles. The summed E-state index contributed by atoms with van der Waals surface area (Å²) in [7, 11) is -3.88. The molecule has 1 atom stereocenters. The van der Waals surface area contributed by atoms with Crippen LogP contribution in [-0.4, -0.2) is 36.5 Å². The van der Waals surface area contributed by atoms with Gasteiger partial charge in [0.25, 0.3) is 5.69 Å². The van der Waals surface area contributed by atoms with Gasteiger partial charge in [0.05, 0.1) is 15.9 Å². The van der Waals surface area contributed by atoms with Gasteiger partial charge in [-0.1, -0.05) is 12.5 Å². The minimum Gasteiger partial charge on any atom is -0.302 e. The first kappa shape index (κ1) is 14.6. The number of sulfonamides is 1. The van der Waals surface area contributed by atoms with Crippen LogP contribution in [0.1, 0.15) is 19.3 Å². The van der Waals surface area contributed by atoms with Crippen LogP contribution in [0.3, 0.4) is 0 Å². The Morgan fingerprint density at radius 2 is 2.10 bits per heavy atom. The number of nitro benzene ring substituents is 1. The van der Waals surface area contributed by atoms with Crippen molar-refractivity contribution < 1.29 is 18.1 Å². The lowest BCUT2D eigenvalue weighted by atomic mass is 10.1. The summed E-state index contributed by atoms with van der Waals surface area (Å²) in [4.78, 5) is 20.9. The van der Waals surface area contributed by atoms with E-state index in [4.69, 9.17) is 0 Å². The zero-order valence-corrected chi connectivity index (χ0v) is 11.5. The summed E-state index contributed by atoms with van der Waals surface area (Å²) in [5.41, 5.74) is -0.286. The van der Waals surface area contributed by atoms with E-state index in [1.54, 1.807) is 0 Å². The number of piperidine rings is 1. The van der Waals surface area contributed by atoms with Gasteiger partial charge in [-0.2, -0.15) is 4.31 Å². The summed E-state index contributed by atoms with van der Waals surface area (Å²) in [5, 5.41) is 10.7. The van der Waals surface area contributed by atoms with Gasteiger partial charge in [0.1, 0.15) is 6.29 Å². The fraction of sp³-hybridized carbons (Fsp3) is 0.417. The normalized spacial score (nSPS) is 20.5. The molecule has 1 aromatic carbocycles. The van der Waals surface area contributed by atoms with Crippen molar-refractivity contribution in [2.45, 2.75) is 30.2 Å². The number of aldehydes is 1. The number of hydrogen-bond acceptors (Lipinski definition) is 5. The first-order valence-electron chi connectivity index (χ1n) is 6.18. The Kier molecular flexibility index (Phi) is 4.15. The summed E-state index contributed by atoms with van der Waals surface area (Å²) < 4.78 is 26.1. The minimum absolute atomic E-state index is 0.152. The molecule has 1 fully saturated rings. The molecule has 0 spiro atoms. The van der Waals surface area contributed by atoms with Crippen molar-refractivity contribution in [2.75, 3.05) is 6.54 Å².